The first-order valence-electron chi connectivity index (χ1n) is 9.55. The molecule has 4 rings (SSSR count). The zero-order valence-corrected chi connectivity index (χ0v) is 15.1. The predicted octanol–water partition coefficient (Wildman–Crippen LogP) is 3.68. The summed E-state index contributed by atoms with van der Waals surface area (Å²) in [6.45, 7) is 1.75. The number of pyridine rings is 1. The molecule has 0 unspecified atom stereocenters. The van der Waals surface area contributed by atoms with Crippen LogP contribution in [0.2, 0.25) is 0 Å². The van der Waals surface area contributed by atoms with Crippen molar-refractivity contribution < 1.29 is 0 Å². The van der Waals surface area contributed by atoms with E-state index in [1.54, 1.807) is 16.7 Å². The van der Waals surface area contributed by atoms with Crippen molar-refractivity contribution in [2.45, 2.75) is 44.7 Å². The first kappa shape index (κ1) is 17.0. The summed E-state index contributed by atoms with van der Waals surface area (Å²) in [6.07, 6.45) is 7.92. The quantitative estimate of drug-likeness (QED) is 0.683. The lowest BCUT2D eigenvalue weighted by molar-refractivity contribution is 0.189. The zero-order valence-electron chi connectivity index (χ0n) is 15.1. The Morgan fingerprint density at radius 3 is 2.62 bits per heavy atom. The van der Waals surface area contributed by atoms with Crippen molar-refractivity contribution in [2.75, 3.05) is 6.54 Å². The lowest BCUT2D eigenvalue weighted by Crippen LogP contribution is -2.35. The minimum Gasteiger partial charge on any atom is -0.294 e. The Kier molecular flexibility index (Phi) is 5.12. The Labute approximate surface area is 154 Å². The average molecular weight is 347 g/mol. The van der Waals surface area contributed by atoms with Gasteiger partial charge < -0.3 is 0 Å². The van der Waals surface area contributed by atoms with Gasteiger partial charge in [0.15, 0.2) is 0 Å². The molecule has 2 heterocycles. The monoisotopic (exact) mass is 347 g/mol. The lowest BCUT2D eigenvalue weighted by atomic mass is 10.1. The molecule has 0 amide bonds. The van der Waals surface area contributed by atoms with Crippen molar-refractivity contribution in [3.63, 3.8) is 0 Å². The third-order valence-corrected chi connectivity index (χ3v) is 5.36. The molecule has 4 nitrogen and oxygen atoms in total. The van der Waals surface area contributed by atoms with Crippen LogP contribution in [0.1, 0.15) is 36.9 Å². The van der Waals surface area contributed by atoms with Gasteiger partial charge in [0.05, 0.1) is 5.69 Å². The summed E-state index contributed by atoms with van der Waals surface area (Å²) in [4.78, 5) is 19.6. The highest BCUT2D eigenvalue weighted by atomic mass is 16.1. The molecule has 1 aromatic carbocycles. The highest BCUT2D eigenvalue weighted by molar-refractivity contribution is 5.38. The van der Waals surface area contributed by atoms with Crippen molar-refractivity contribution in [3.05, 3.63) is 82.4 Å². The standard InChI is InChI=1S/C22H25N3O/c26-22-16-19(23-21-12-6-7-14-25(21)22)17-24(20-10-4-5-11-20)15-13-18-8-2-1-3-9-18/h1-3,6-9,12,14,16,20H,4-5,10-11,13,15,17H2. The molecule has 0 atom stereocenters. The minimum atomic E-state index is 0.0000290. The van der Waals surface area contributed by atoms with Crippen LogP contribution in [-0.4, -0.2) is 26.9 Å². The Hall–Kier alpha value is -2.46. The molecular weight excluding hydrogens is 322 g/mol. The summed E-state index contributed by atoms with van der Waals surface area (Å²) in [7, 11) is 0. The second-order valence-corrected chi connectivity index (χ2v) is 7.16. The van der Waals surface area contributed by atoms with Gasteiger partial charge in [0.25, 0.3) is 5.56 Å². The van der Waals surface area contributed by atoms with Crippen molar-refractivity contribution >= 4 is 5.65 Å². The lowest BCUT2D eigenvalue weighted by Gasteiger charge is -2.28. The SMILES string of the molecule is O=c1cc(CN(CCc2ccccc2)C2CCCC2)nc2ccccn12. The van der Waals surface area contributed by atoms with E-state index in [1.807, 2.05) is 18.2 Å². The van der Waals surface area contributed by atoms with Gasteiger partial charge in [-0.25, -0.2) is 4.98 Å². The van der Waals surface area contributed by atoms with E-state index in [0.717, 1.165) is 30.9 Å². The molecule has 26 heavy (non-hydrogen) atoms. The van der Waals surface area contributed by atoms with Crippen LogP contribution in [0.15, 0.2) is 65.6 Å². The number of rotatable bonds is 6. The van der Waals surface area contributed by atoms with Gasteiger partial charge in [0.2, 0.25) is 0 Å². The van der Waals surface area contributed by atoms with E-state index in [-0.39, 0.29) is 5.56 Å². The highest BCUT2D eigenvalue weighted by Gasteiger charge is 2.23. The fourth-order valence-corrected chi connectivity index (χ4v) is 3.97. The maximum Gasteiger partial charge on any atom is 0.258 e. The fourth-order valence-electron chi connectivity index (χ4n) is 3.97. The molecular formula is C22H25N3O. The molecule has 4 heteroatoms. The smallest absolute Gasteiger partial charge is 0.258 e. The van der Waals surface area contributed by atoms with E-state index in [0.29, 0.717) is 6.04 Å². The molecule has 1 saturated carbocycles. The van der Waals surface area contributed by atoms with Crippen LogP contribution in [0.5, 0.6) is 0 Å². The van der Waals surface area contributed by atoms with E-state index in [4.69, 9.17) is 4.98 Å². The number of fused-ring (bicyclic) bond motifs is 1. The van der Waals surface area contributed by atoms with Crippen molar-refractivity contribution in [2.24, 2.45) is 0 Å². The molecule has 0 radical (unpaired) electrons. The number of aromatic nitrogens is 2. The fraction of sp³-hybridized carbons (Fsp3) is 0.364. The van der Waals surface area contributed by atoms with Crippen molar-refractivity contribution in [1.82, 2.24) is 14.3 Å². The average Bonchev–Trinajstić information content (AvgIpc) is 3.21. The number of hydrogen-bond donors (Lipinski definition) is 0. The predicted molar refractivity (Wildman–Crippen MR) is 104 cm³/mol. The van der Waals surface area contributed by atoms with E-state index in [1.165, 1.54) is 31.2 Å². The number of hydrogen-bond acceptors (Lipinski definition) is 3. The molecule has 0 aliphatic heterocycles. The molecule has 0 bridgehead atoms. The van der Waals surface area contributed by atoms with Crippen molar-refractivity contribution in [3.8, 4) is 0 Å². The van der Waals surface area contributed by atoms with Crippen molar-refractivity contribution in [1.29, 1.82) is 0 Å². The second-order valence-electron chi connectivity index (χ2n) is 7.16. The minimum absolute atomic E-state index is 0.0000290. The van der Waals surface area contributed by atoms with Crippen LogP contribution in [0, 0.1) is 0 Å². The summed E-state index contributed by atoms with van der Waals surface area (Å²) < 4.78 is 1.60. The van der Waals surface area contributed by atoms with Gasteiger partial charge in [-0.15, -0.1) is 0 Å². The first-order chi connectivity index (χ1) is 12.8. The summed E-state index contributed by atoms with van der Waals surface area (Å²) in [6, 6.07) is 18.6. The van der Waals surface area contributed by atoms with Crippen LogP contribution in [-0.2, 0) is 13.0 Å². The van der Waals surface area contributed by atoms with Crippen LogP contribution >= 0.6 is 0 Å². The van der Waals surface area contributed by atoms with E-state index >= 15 is 0 Å². The zero-order chi connectivity index (χ0) is 17.8. The summed E-state index contributed by atoms with van der Waals surface area (Å²) >= 11 is 0. The van der Waals surface area contributed by atoms with E-state index < -0.39 is 0 Å². The molecule has 3 aromatic rings. The number of nitrogens with zero attached hydrogens (tertiary/aromatic N) is 3. The van der Waals surface area contributed by atoms with Gasteiger partial charge in [-0.05, 0) is 37.0 Å². The summed E-state index contributed by atoms with van der Waals surface area (Å²) in [5, 5.41) is 0. The van der Waals surface area contributed by atoms with Gasteiger partial charge in [0, 0.05) is 31.4 Å². The number of benzene rings is 1. The van der Waals surface area contributed by atoms with Crippen LogP contribution < -0.4 is 5.56 Å². The maximum atomic E-state index is 12.4. The van der Waals surface area contributed by atoms with Crippen LogP contribution in [0.3, 0.4) is 0 Å². The second kappa shape index (κ2) is 7.83. The van der Waals surface area contributed by atoms with Gasteiger partial charge in [0.1, 0.15) is 5.65 Å². The van der Waals surface area contributed by atoms with Gasteiger partial charge in [-0.1, -0.05) is 49.2 Å². The first-order valence-corrected chi connectivity index (χ1v) is 9.55. The third kappa shape index (κ3) is 3.86. The molecule has 1 fully saturated rings. The molecule has 1 aliphatic carbocycles. The molecule has 0 saturated heterocycles. The van der Waals surface area contributed by atoms with Crippen LogP contribution in [0.4, 0.5) is 0 Å². The topological polar surface area (TPSA) is 37.6 Å². The summed E-state index contributed by atoms with van der Waals surface area (Å²) in [5.74, 6) is 0. The maximum absolute atomic E-state index is 12.4. The molecule has 0 spiro atoms. The molecule has 2 aromatic heterocycles. The summed E-state index contributed by atoms with van der Waals surface area (Å²) in [5.41, 5.74) is 2.97. The Morgan fingerprint density at radius 2 is 1.81 bits per heavy atom. The van der Waals surface area contributed by atoms with Gasteiger partial charge >= 0.3 is 0 Å². The normalized spacial score (nSPS) is 15.1. The Morgan fingerprint density at radius 1 is 1.04 bits per heavy atom. The van der Waals surface area contributed by atoms with Gasteiger partial charge in [-0.3, -0.25) is 14.1 Å². The molecule has 134 valence electrons. The highest BCUT2D eigenvalue weighted by Crippen LogP contribution is 2.25. The van der Waals surface area contributed by atoms with E-state index in [9.17, 15) is 4.79 Å². The van der Waals surface area contributed by atoms with Crippen LogP contribution in [0.25, 0.3) is 5.65 Å². The molecule has 0 N–H and O–H groups in total. The largest absolute Gasteiger partial charge is 0.294 e. The third-order valence-electron chi connectivity index (χ3n) is 5.36. The molecule has 1 aliphatic rings. The Bertz CT molecular complexity index is 913. The van der Waals surface area contributed by atoms with Gasteiger partial charge in [-0.2, -0.15) is 0 Å². The van der Waals surface area contributed by atoms with E-state index in [2.05, 4.69) is 35.2 Å². The Balaban J connectivity index is 1.55.